The molecule has 0 aliphatic carbocycles. The number of carbonyl (C=O) groups excluding carboxylic acids is 1. The number of hydrogen-bond donors (Lipinski definition) is 1. The van der Waals surface area contributed by atoms with Gasteiger partial charge in [0.1, 0.15) is 12.2 Å². The Morgan fingerprint density at radius 3 is 3.00 bits per heavy atom. The van der Waals surface area contributed by atoms with E-state index in [0.29, 0.717) is 0 Å². The molecule has 0 bridgehead atoms. The van der Waals surface area contributed by atoms with Crippen LogP contribution in [-0.2, 0) is 4.79 Å². The largest absolute Gasteiger partial charge is 0.316 e. The van der Waals surface area contributed by atoms with Crippen LogP contribution in [0.2, 0.25) is 0 Å². The lowest BCUT2D eigenvalue weighted by Crippen LogP contribution is -2.34. The fourth-order valence-corrected chi connectivity index (χ4v) is 1.43. The Kier molecular flexibility index (Phi) is 3.06. The lowest BCUT2D eigenvalue weighted by molar-refractivity contribution is -0.111. The molecule has 1 aliphatic rings. The summed E-state index contributed by atoms with van der Waals surface area (Å²) in [5.74, 6) is -0.158. The van der Waals surface area contributed by atoms with Crippen LogP contribution < -0.4 is 5.32 Å². The maximum atomic E-state index is 10.4. The molecule has 0 aromatic carbocycles. The third-order valence-electron chi connectivity index (χ3n) is 2.14. The van der Waals surface area contributed by atoms with E-state index in [2.05, 4.69) is 5.32 Å². The third kappa shape index (κ3) is 2.02. The fourth-order valence-electron chi connectivity index (χ4n) is 1.43. The van der Waals surface area contributed by atoms with Crippen LogP contribution in [0.25, 0.3) is 0 Å². The summed E-state index contributed by atoms with van der Waals surface area (Å²) in [5.41, 5.74) is 0. The van der Waals surface area contributed by atoms with E-state index in [1.807, 2.05) is 6.07 Å². The van der Waals surface area contributed by atoms with Crippen molar-refractivity contribution in [3.63, 3.8) is 0 Å². The summed E-state index contributed by atoms with van der Waals surface area (Å²) in [5, 5.41) is 11.7. The fraction of sp³-hybridized carbons (Fsp3) is 0.750. The van der Waals surface area contributed by atoms with Crippen LogP contribution >= 0.6 is 0 Å². The molecule has 1 heterocycles. The highest BCUT2D eigenvalue weighted by atomic mass is 16.1. The SMILES string of the molecule is N#CC(C=O)C1CCCNC1. The van der Waals surface area contributed by atoms with Gasteiger partial charge in [0.25, 0.3) is 0 Å². The molecule has 3 heteroatoms. The molecule has 1 N–H and O–H groups in total. The van der Waals surface area contributed by atoms with E-state index >= 15 is 0 Å². The Morgan fingerprint density at radius 2 is 2.55 bits per heavy atom. The highest BCUT2D eigenvalue weighted by Gasteiger charge is 2.22. The number of aldehydes is 1. The van der Waals surface area contributed by atoms with Crippen molar-refractivity contribution in [3.05, 3.63) is 0 Å². The lowest BCUT2D eigenvalue weighted by atomic mass is 9.88. The summed E-state index contributed by atoms with van der Waals surface area (Å²) in [6.45, 7) is 1.84. The number of nitrogens with zero attached hydrogens (tertiary/aromatic N) is 1. The lowest BCUT2D eigenvalue weighted by Gasteiger charge is -2.23. The molecule has 2 atom stereocenters. The third-order valence-corrected chi connectivity index (χ3v) is 2.14. The van der Waals surface area contributed by atoms with E-state index in [4.69, 9.17) is 5.26 Å². The van der Waals surface area contributed by atoms with Crippen molar-refractivity contribution in [2.45, 2.75) is 12.8 Å². The first-order chi connectivity index (χ1) is 5.38. The van der Waals surface area contributed by atoms with E-state index in [1.54, 1.807) is 0 Å². The normalized spacial score (nSPS) is 27.0. The first kappa shape index (κ1) is 8.22. The number of piperidine rings is 1. The highest BCUT2D eigenvalue weighted by Crippen LogP contribution is 2.17. The van der Waals surface area contributed by atoms with Gasteiger partial charge in [0.2, 0.25) is 0 Å². The molecule has 1 aliphatic heterocycles. The molecule has 11 heavy (non-hydrogen) atoms. The highest BCUT2D eigenvalue weighted by molar-refractivity contribution is 5.58. The molecule has 1 fully saturated rings. The predicted molar refractivity (Wildman–Crippen MR) is 40.8 cm³/mol. The van der Waals surface area contributed by atoms with Gasteiger partial charge in [-0.2, -0.15) is 5.26 Å². The standard InChI is InChI=1S/C8H12N2O/c9-4-8(6-11)7-2-1-3-10-5-7/h6-8,10H,1-3,5H2. The topological polar surface area (TPSA) is 52.9 Å². The summed E-state index contributed by atoms with van der Waals surface area (Å²) in [6, 6.07) is 2.01. The minimum atomic E-state index is -0.400. The Hall–Kier alpha value is -0.880. The maximum Gasteiger partial charge on any atom is 0.137 e. The zero-order valence-corrected chi connectivity index (χ0v) is 6.42. The van der Waals surface area contributed by atoms with E-state index in [-0.39, 0.29) is 5.92 Å². The van der Waals surface area contributed by atoms with Gasteiger partial charge in [0.15, 0.2) is 0 Å². The van der Waals surface area contributed by atoms with Gasteiger partial charge in [-0.15, -0.1) is 0 Å². The van der Waals surface area contributed by atoms with Crippen molar-refractivity contribution in [1.29, 1.82) is 5.26 Å². The average Bonchev–Trinajstić information content (AvgIpc) is 2.09. The molecule has 1 rings (SSSR count). The number of carbonyl (C=O) groups is 1. The van der Waals surface area contributed by atoms with Crippen LogP contribution in [-0.4, -0.2) is 19.4 Å². The molecule has 0 saturated carbocycles. The minimum absolute atomic E-state index is 0.242. The van der Waals surface area contributed by atoms with Crippen LogP contribution in [0.3, 0.4) is 0 Å². The summed E-state index contributed by atoms with van der Waals surface area (Å²) in [6.07, 6.45) is 2.85. The van der Waals surface area contributed by atoms with Crippen molar-refractivity contribution in [2.24, 2.45) is 11.8 Å². The second-order valence-electron chi connectivity index (χ2n) is 2.90. The summed E-state index contributed by atoms with van der Waals surface area (Å²) in [7, 11) is 0. The number of hydrogen-bond acceptors (Lipinski definition) is 3. The van der Waals surface area contributed by atoms with Gasteiger partial charge in [0.05, 0.1) is 6.07 Å². The Balaban J connectivity index is 2.44. The molecular formula is C8H12N2O. The van der Waals surface area contributed by atoms with Crippen LogP contribution in [0, 0.1) is 23.2 Å². The molecular weight excluding hydrogens is 140 g/mol. The van der Waals surface area contributed by atoms with Gasteiger partial charge in [-0.25, -0.2) is 0 Å². The van der Waals surface area contributed by atoms with E-state index in [0.717, 1.165) is 32.2 Å². The van der Waals surface area contributed by atoms with Crippen LogP contribution in [0.5, 0.6) is 0 Å². The first-order valence-corrected chi connectivity index (χ1v) is 3.94. The maximum absolute atomic E-state index is 10.4. The average molecular weight is 152 g/mol. The van der Waals surface area contributed by atoms with Crippen molar-refractivity contribution >= 4 is 6.29 Å². The smallest absolute Gasteiger partial charge is 0.137 e. The van der Waals surface area contributed by atoms with Crippen LogP contribution in [0.15, 0.2) is 0 Å². The Labute approximate surface area is 66.4 Å². The number of nitrogens with one attached hydrogen (secondary N) is 1. The molecule has 60 valence electrons. The zero-order chi connectivity index (χ0) is 8.10. The molecule has 0 spiro atoms. The van der Waals surface area contributed by atoms with E-state index in [9.17, 15) is 4.79 Å². The summed E-state index contributed by atoms with van der Waals surface area (Å²) < 4.78 is 0. The Bertz CT molecular complexity index is 167. The second-order valence-corrected chi connectivity index (χ2v) is 2.90. The van der Waals surface area contributed by atoms with Gasteiger partial charge >= 0.3 is 0 Å². The van der Waals surface area contributed by atoms with Crippen LogP contribution in [0.1, 0.15) is 12.8 Å². The van der Waals surface area contributed by atoms with Crippen molar-refractivity contribution < 1.29 is 4.79 Å². The van der Waals surface area contributed by atoms with Gasteiger partial charge in [-0.05, 0) is 31.8 Å². The number of rotatable bonds is 2. The summed E-state index contributed by atoms with van der Waals surface area (Å²) >= 11 is 0. The minimum Gasteiger partial charge on any atom is -0.316 e. The molecule has 3 nitrogen and oxygen atoms in total. The monoisotopic (exact) mass is 152 g/mol. The van der Waals surface area contributed by atoms with E-state index in [1.165, 1.54) is 0 Å². The van der Waals surface area contributed by atoms with Gasteiger partial charge < -0.3 is 10.1 Å². The van der Waals surface area contributed by atoms with Crippen molar-refractivity contribution in [1.82, 2.24) is 5.32 Å². The van der Waals surface area contributed by atoms with Crippen molar-refractivity contribution in [3.8, 4) is 6.07 Å². The molecule has 0 radical (unpaired) electrons. The Morgan fingerprint density at radius 1 is 1.73 bits per heavy atom. The number of nitriles is 1. The van der Waals surface area contributed by atoms with Gasteiger partial charge in [-0.3, -0.25) is 0 Å². The second kappa shape index (κ2) is 4.09. The molecule has 0 aromatic heterocycles. The quantitative estimate of drug-likeness (QED) is 0.580. The molecule has 0 amide bonds. The van der Waals surface area contributed by atoms with Crippen LogP contribution in [0.4, 0.5) is 0 Å². The predicted octanol–water partition coefficient (Wildman–Crippen LogP) is 0.325. The first-order valence-electron chi connectivity index (χ1n) is 3.94. The molecule has 2 unspecified atom stereocenters. The van der Waals surface area contributed by atoms with E-state index < -0.39 is 5.92 Å². The molecule has 0 aromatic rings. The zero-order valence-electron chi connectivity index (χ0n) is 6.42. The molecule has 1 saturated heterocycles. The summed E-state index contributed by atoms with van der Waals surface area (Å²) in [4.78, 5) is 10.4. The van der Waals surface area contributed by atoms with Gasteiger partial charge in [-0.1, -0.05) is 0 Å². The van der Waals surface area contributed by atoms with Crippen molar-refractivity contribution in [2.75, 3.05) is 13.1 Å². The van der Waals surface area contributed by atoms with Gasteiger partial charge in [0, 0.05) is 0 Å².